The molecule has 6 nitrogen and oxygen atoms in total. The second-order valence-corrected chi connectivity index (χ2v) is 6.13. The number of barbiturate groups is 1. The molecule has 0 spiro atoms. The van der Waals surface area contributed by atoms with Gasteiger partial charge in [-0.1, -0.05) is 34.1 Å². The number of ether oxygens (including phenoxy) is 1. The van der Waals surface area contributed by atoms with Gasteiger partial charge >= 0.3 is 6.03 Å². The van der Waals surface area contributed by atoms with Crippen molar-refractivity contribution in [1.82, 2.24) is 5.32 Å². The molecular formula is C18H13BrN2O4. The van der Waals surface area contributed by atoms with Gasteiger partial charge in [-0.15, -0.1) is 0 Å². The molecule has 1 fully saturated rings. The Balaban J connectivity index is 2.02. The minimum absolute atomic E-state index is 0.132. The number of urea groups is 1. The van der Waals surface area contributed by atoms with Crippen LogP contribution in [0.2, 0.25) is 0 Å². The first-order chi connectivity index (χ1) is 12.0. The van der Waals surface area contributed by atoms with Gasteiger partial charge in [0.05, 0.1) is 12.8 Å². The lowest BCUT2D eigenvalue weighted by Crippen LogP contribution is -2.54. The maximum Gasteiger partial charge on any atom is 0.335 e. The first kappa shape index (κ1) is 16.9. The number of carbonyl (C=O) groups excluding carboxylic acids is 3. The van der Waals surface area contributed by atoms with E-state index in [1.54, 1.807) is 48.5 Å². The standard InChI is InChI=1S/C18H13BrN2O4/c1-25-14-7-2-4-11(8-14)9-15-16(22)20-18(24)21(17(15)23)13-6-3-5-12(19)10-13/h2-10H,1H3,(H,20,22,24). The molecule has 0 atom stereocenters. The Morgan fingerprint density at radius 1 is 1.08 bits per heavy atom. The SMILES string of the molecule is COc1cccc(C=C2C(=O)NC(=O)N(c3cccc(Br)c3)C2=O)c1. The molecule has 1 heterocycles. The molecule has 1 aliphatic heterocycles. The van der Waals surface area contributed by atoms with E-state index in [2.05, 4.69) is 21.2 Å². The van der Waals surface area contributed by atoms with Crippen molar-refractivity contribution < 1.29 is 19.1 Å². The van der Waals surface area contributed by atoms with Gasteiger partial charge in [0.25, 0.3) is 11.8 Å². The van der Waals surface area contributed by atoms with Gasteiger partial charge in [-0.2, -0.15) is 0 Å². The summed E-state index contributed by atoms with van der Waals surface area (Å²) in [5, 5.41) is 2.19. The lowest BCUT2D eigenvalue weighted by molar-refractivity contribution is -0.122. The Hall–Kier alpha value is -2.93. The van der Waals surface area contributed by atoms with Gasteiger partial charge < -0.3 is 4.74 Å². The number of methoxy groups -OCH3 is 1. The fraction of sp³-hybridized carbons (Fsp3) is 0.0556. The third-order valence-corrected chi connectivity index (χ3v) is 4.07. The number of hydrogen-bond acceptors (Lipinski definition) is 4. The zero-order valence-corrected chi connectivity index (χ0v) is 14.7. The Morgan fingerprint density at radius 3 is 2.56 bits per heavy atom. The zero-order chi connectivity index (χ0) is 18.0. The normalized spacial score (nSPS) is 16.2. The Kier molecular flexibility index (Phi) is 4.67. The van der Waals surface area contributed by atoms with Crippen molar-refractivity contribution in [3.8, 4) is 5.75 Å². The maximum atomic E-state index is 12.7. The molecule has 0 unspecified atom stereocenters. The number of amides is 4. The smallest absolute Gasteiger partial charge is 0.335 e. The third kappa shape index (κ3) is 3.46. The molecule has 2 aromatic rings. The van der Waals surface area contributed by atoms with Crippen LogP contribution in [-0.2, 0) is 9.59 Å². The molecule has 7 heteroatoms. The molecule has 25 heavy (non-hydrogen) atoms. The molecule has 2 aromatic carbocycles. The quantitative estimate of drug-likeness (QED) is 0.634. The summed E-state index contributed by atoms with van der Waals surface area (Å²) in [5.41, 5.74) is 0.843. The van der Waals surface area contributed by atoms with Gasteiger partial charge in [0.15, 0.2) is 0 Å². The second-order valence-electron chi connectivity index (χ2n) is 5.21. The van der Waals surface area contributed by atoms with E-state index in [1.807, 2.05) is 0 Å². The number of nitrogens with zero attached hydrogens (tertiary/aromatic N) is 1. The molecular weight excluding hydrogens is 388 g/mol. The first-order valence-electron chi connectivity index (χ1n) is 7.30. The second kappa shape index (κ2) is 6.90. The maximum absolute atomic E-state index is 12.7. The summed E-state index contributed by atoms with van der Waals surface area (Å²) < 4.78 is 5.84. The van der Waals surface area contributed by atoms with Crippen LogP contribution < -0.4 is 15.0 Å². The van der Waals surface area contributed by atoms with Gasteiger partial charge in [0, 0.05) is 4.47 Å². The molecule has 126 valence electrons. The van der Waals surface area contributed by atoms with E-state index in [0.29, 0.717) is 21.5 Å². The lowest BCUT2D eigenvalue weighted by Gasteiger charge is -2.26. The van der Waals surface area contributed by atoms with Gasteiger partial charge in [-0.05, 0) is 42.0 Å². The highest BCUT2D eigenvalue weighted by Gasteiger charge is 2.36. The van der Waals surface area contributed by atoms with Crippen LogP contribution in [0, 0.1) is 0 Å². The van der Waals surface area contributed by atoms with Crippen LogP contribution >= 0.6 is 15.9 Å². The van der Waals surface area contributed by atoms with E-state index >= 15 is 0 Å². The number of anilines is 1. The van der Waals surface area contributed by atoms with Crippen LogP contribution in [0.1, 0.15) is 5.56 Å². The van der Waals surface area contributed by atoms with E-state index in [0.717, 1.165) is 4.90 Å². The van der Waals surface area contributed by atoms with Crippen molar-refractivity contribution in [2.75, 3.05) is 12.0 Å². The lowest BCUT2D eigenvalue weighted by atomic mass is 10.1. The van der Waals surface area contributed by atoms with E-state index in [-0.39, 0.29) is 5.57 Å². The number of halogens is 1. The van der Waals surface area contributed by atoms with E-state index in [4.69, 9.17) is 4.74 Å². The van der Waals surface area contributed by atoms with Crippen LogP contribution in [0.15, 0.2) is 58.6 Å². The Morgan fingerprint density at radius 2 is 1.84 bits per heavy atom. The summed E-state index contributed by atoms with van der Waals surface area (Å²) in [5.74, 6) is -0.823. The average molecular weight is 401 g/mol. The van der Waals surface area contributed by atoms with Crippen molar-refractivity contribution in [3.63, 3.8) is 0 Å². The van der Waals surface area contributed by atoms with E-state index in [1.165, 1.54) is 13.2 Å². The van der Waals surface area contributed by atoms with Crippen molar-refractivity contribution in [2.24, 2.45) is 0 Å². The minimum Gasteiger partial charge on any atom is -0.497 e. The average Bonchev–Trinajstić information content (AvgIpc) is 2.59. The summed E-state index contributed by atoms with van der Waals surface area (Å²) in [4.78, 5) is 37.9. The molecule has 0 aromatic heterocycles. The minimum atomic E-state index is -0.782. The van der Waals surface area contributed by atoms with Gasteiger partial charge in [-0.25, -0.2) is 9.69 Å². The van der Waals surface area contributed by atoms with Crippen molar-refractivity contribution in [1.29, 1.82) is 0 Å². The number of nitrogens with one attached hydrogen (secondary N) is 1. The molecule has 0 aliphatic carbocycles. The zero-order valence-electron chi connectivity index (χ0n) is 13.2. The third-order valence-electron chi connectivity index (χ3n) is 3.57. The number of hydrogen-bond donors (Lipinski definition) is 1. The summed E-state index contributed by atoms with van der Waals surface area (Å²) in [6, 6.07) is 12.8. The van der Waals surface area contributed by atoms with Crippen LogP contribution in [0.5, 0.6) is 5.75 Å². The van der Waals surface area contributed by atoms with Crippen LogP contribution in [-0.4, -0.2) is 25.0 Å². The van der Waals surface area contributed by atoms with Crippen LogP contribution in [0.3, 0.4) is 0 Å². The molecule has 3 rings (SSSR count). The first-order valence-corrected chi connectivity index (χ1v) is 8.10. The largest absolute Gasteiger partial charge is 0.497 e. The van der Waals surface area contributed by atoms with Gasteiger partial charge in [0.1, 0.15) is 11.3 Å². The molecule has 0 saturated carbocycles. The van der Waals surface area contributed by atoms with Crippen molar-refractivity contribution in [3.05, 3.63) is 64.1 Å². The monoisotopic (exact) mass is 400 g/mol. The molecule has 1 aliphatic rings. The van der Waals surface area contributed by atoms with Crippen LogP contribution in [0.4, 0.5) is 10.5 Å². The topological polar surface area (TPSA) is 75.7 Å². The fourth-order valence-electron chi connectivity index (χ4n) is 2.41. The predicted octanol–water partition coefficient (Wildman–Crippen LogP) is 3.12. The van der Waals surface area contributed by atoms with Crippen molar-refractivity contribution >= 4 is 45.5 Å². The number of benzene rings is 2. The highest BCUT2D eigenvalue weighted by molar-refractivity contribution is 9.10. The Bertz CT molecular complexity index is 907. The number of rotatable bonds is 3. The molecule has 4 amide bonds. The molecule has 1 N–H and O–H groups in total. The Labute approximate surface area is 152 Å². The van der Waals surface area contributed by atoms with E-state index < -0.39 is 17.8 Å². The van der Waals surface area contributed by atoms with E-state index in [9.17, 15) is 14.4 Å². The fourth-order valence-corrected chi connectivity index (χ4v) is 2.79. The summed E-state index contributed by atoms with van der Waals surface area (Å²) in [6.07, 6.45) is 1.43. The number of carbonyl (C=O) groups is 3. The van der Waals surface area contributed by atoms with Gasteiger partial charge in [-0.3, -0.25) is 14.9 Å². The highest BCUT2D eigenvalue weighted by atomic mass is 79.9. The van der Waals surface area contributed by atoms with Crippen molar-refractivity contribution in [2.45, 2.75) is 0 Å². The summed E-state index contributed by atoms with van der Waals surface area (Å²) in [7, 11) is 1.53. The summed E-state index contributed by atoms with van der Waals surface area (Å²) >= 11 is 3.30. The molecule has 0 radical (unpaired) electrons. The molecule has 1 saturated heterocycles. The van der Waals surface area contributed by atoms with Crippen LogP contribution in [0.25, 0.3) is 6.08 Å². The predicted molar refractivity (Wildman–Crippen MR) is 96.1 cm³/mol. The molecule has 0 bridgehead atoms. The number of imide groups is 2. The highest BCUT2D eigenvalue weighted by Crippen LogP contribution is 2.25. The van der Waals surface area contributed by atoms with Gasteiger partial charge in [0.2, 0.25) is 0 Å². The summed E-state index contributed by atoms with van der Waals surface area (Å²) in [6.45, 7) is 0.